The number of hydrogen-bond donors (Lipinski definition) is 1. The van der Waals surface area contributed by atoms with Gasteiger partial charge in [0, 0.05) is 37.6 Å². The average Bonchev–Trinajstić information content (AvgIpc) is 2.46. The molecule has 23 heavy (non-hydrogen) atoms. The minimum absolute atomic E-state index is 0.0659. The second kappa shape index (κ2) is 6.26. The molecule has 0 atom stereocenters. The van der Waals surface area contributed by atoms with Crippen LogP contribution in [0.1, 0.15) is 26.5 Å². The minimum atomic E-state index is -0.0949. The number of anilines is 1. The molecule has 1 N–H and O–H groups in total. The number of morpholine rings is 1. The zero-order chi connectivity index (χ0) is 16.4. The van der Waals surface area contributed by atoms with E-state index in [0.717, 1.165) is 48.5 Å². The van der Waals surface area contributed by atoms with E-state index in [1.165, 1.54) is 6.92 Å². The summed E-state index contributed by atoms with van der Waals surface area (Å²) in [5.41, 5.74) is 2.71. The molecule has 5 heteroatoms. The van der Waals surface area contributed by atoms with Crippen molar-refractivity contribution in [3.63, 3.8) is 0 Å². The van der Waals surface area contributed by atoms with Crippen LogP contribution in [0.5, 0.6) is 0 Å². The molecule has 5 nitrogen and oxygen atoms in total. The highest BCUT2D eigenvalue weighted by Gasteiger charge is 2.27. The number of nitrogens with zero attached hydrogens (tertiary/aromatic N) is 2. The summed E-state index contributed by atoms with van der Waals surface area (Å²) in [5.74, 6) is -0.0659. The monoisotopic (exact) mass is 313 g/mol. The van der Waals surface area contributed by atoms with Crippen LogP contribution in [0.4, 0.5) is 5.69 Å². The number of ether oxygens (including phenoxy) is 1. The van der Waals surface area contributed by atoms with Gasteiger partial charge in [0.2, 0.25) is 5.91 Å². The van der Waals surface area contributed by atoms with Gasteiger partial charge in [0.25, 0.3) is 0 Å². The first kappa shape index (κ1) is 15.9. The molecule has 1 aliphatic rings. The number of benzene rings is 1. The molecule has 1 aromatic carbocycles. The number of carbonyl (C=O) groups excluding carboxylic acids is 1. The molecule has 0 unspecified atom stereocenters. The number of nitrogens with one attached hydrogen (secondary N) is 1. The van der Waals surface area contributed by atoms with Crippen LogP contribution < -0.4 is 5.32 Å². The second-order valence-electron chi connectivity index (χ2n) is 6.71. The largest absolute Gasteiger partial charge is 0.373 e. The van der Waals surface area contributed by atoms with E-state index in [1.807, 2.05) is 18.2 Å². The lowest BCUT2D eigenvalue weighted by atomic mass is 10.1. The van der Waals surface area contributed by atoms with E-state index >= 15 is 0 Å². The average molecular weight is 313 g/mol. The predicted molar refractivity (Wildman–Crippen MR) is 91.4 cm³/mol. The Kier molecular flexibility index (Phi) is 4.33. The van der Waals surface area contributed by atoms with Crippen LogP contribution >= 0.6 is 0 Å². The van der Waals surface area contributed by atoms with Crippen LogP contribution in [0.25, 0.3) is 10.9 Å². The van der Waals surface area contributed by atoms with Crippen molar-refractivity contribution in [2.75, 3.05) is 25.0 Å². The highest BCUT2D eigenvalue weighted by Crippen LogP contribution is 2.21. The smallest absolute Gasteiger partial charge is 0.221 e. The number of aromatic nitrogens is 1. The first-order valence-electron chi connectivity index (χ1n) is 7.95. The van der Waals surface area contributed by atoms with Gasteiger partial charge in [-0.2, -0.15) is 0 Å². The molecule has 0 saturated carbocycles. The summed E-state index contributed by atoms with van der Waals surface area (Å²) < 4.78 is 5.75. The van der Waals surface area contributed by atoms with Crippen LogP contribution in [0, 0.1) is 0 Å². The molecule has 1 fully saturated rings. The van der Waals surface area contributed by atoms with Gasteiger partial charge >= 0.3 is 0 Å². The van der Waals surface area contributed by atoms with Crippen molar-refractivity contribution in [3.8, 4) is 0 Å². The van der Waals surface area contributed by atoms with E-state index in [4.69, 9.17) is 9.72 Å². The van der Waals surface area contributed by atoms with E-state index in [0.29, 0.717) is 0 Å². The maximum Gasteiger partial charge on any atom is 0.221 e. The van der Waals surface area contributed by atoms with E-state index in [1.54, 1.807) is 0 Å². The minimum Gasteiger partial charge on any atom is -0.373 e. The molecule has 0 radical (unpaired) electrons. The van der Waals surface area contributed by atoms with Crippen molar-refractivity contribution in [2.45, 2.75) is 32.9 Å². The van der Waals surface area contributed by atoms with Crippen molar-refractivity contribution < 1.29 is 9.53 Å². The highest BCUT2D eigenvalue weighted by molar-refractivity contribution is 5.92. The third-order valence-electron chi connectivity index (χ3n) is 3.96. The first-order chi connectivity index (χ1) is 10.9. The molecule has 0 bridgehead atoms. The molecule has 1 amide bonds. The summed E-state index contributed by atoms with van der Waals surface area (Å²) in [4.78, 5) is 18.3. The van der Waals surface area contributed by atoms with Crippen molar-refractivity contribution in [2.24, 2.45) is 0 Å². The Morgan fingerprint density at radius 3 is 2.91 bits per heavy atom. The van der Waals surface area contributed by atoms with Gasteiger partial charge in [-0.15, -0.1) is 0 Å². The standard InChI is InChI=1S/C18H23N3O2/c1-13(22)19-15-6-7-17-14(10-15)4-5-16(20-17)11-21-8-9-23-18(2,3)12-21/h4-7,10H,8-9,11-12H2,1-3H3,(H,19,22). The van der Waals surface area contributed by atoms with Gasteiger partial charge in [0.1, 0.15) is 0 Å². The van der Waals surface area contributed by atoms with Gasteiger partial charge in [-0.05, 0) is 38.1 Å². The molecule has 0 aliphatic carbocycles. The Labute approximate surface area is 136 Å². The van der Waals surface area contributed by atoms with E-state index in [-0.39, 0.29) is 11.5 Å². The van der Waals surface area contributed by atoms with Gasteiger partial charge in [-0.3, -0.25) is 14.7 Å². The number of rotatable bonds is 3. The molecular formula is C18H23N3O2. The molecule has 3 rings (SSSR count). The van der Waals surface area contributed by atoms with Crippen LogP contribution in [-0.4, -0.2) is 41.1 Å². The molecule has 1 saturated heterocycles. The molecule has 0 spiro atoms. The van der Waals surface area contributed by atoms with Crippen molar-refractivity contribution >= 4 is 22.5 Å². The number of pyridine rings is 1. The summed E-state index contributed by atoms with van der Waals surface area (Å²) in [6.07, 6.45) is 0. The summed E-state index contributed by atoms with van der Waals surface area (Å²) in [5, 5.41) is 3.83. The number of hydrogen-bond acceptors (Lipinski definition) is 4. The Hall–Kier alpha value is -1.98. The summed E-state index contributed by atoms with van der Waals surface area (Å²) in [6.45, 7) is 9.19. The molecule has 2 aromatic rings. The fourth-order valence-corrected chi connectivity index (χ4v) is 3.02. The Morgan fingerprint density at radius 1 is 1.35 bits per heavy atom. The molecule has 2 heterocycles. The fourth-order valence-electron chi connectivity index (χ4n) is 3.02. The normalized spacial score (nSPS) is 18.0. The molecule has 1 aromatic heterocycles. The Balaban J connectivity index is 1.76. The molecule has 1 aliphatic heterocycles. The zero-order valence-electron chi connectivity index (χ0n) is 13.9. The van der Waals surface area contributed by atoms with Crippen LogP contribution in [0.2, 0.25) is 0 Å². The SMILES string of the molecule is CC(=O)Nc1ccc2nc(CN3CCOC(C)(C)C3)ccc2c1. The lowest BCUT2D eigenvalue weighted by Crippen LogP contribution is -2.47. The predicted octanol–water partition coefficient (Wildman–Crippen LogP) is 2.80. The molecular weight excluding hydrogens is 290 g/mol. The van der Waals surface area contributed by atoms with Crippen LogP contribution in [-0.2, 0) is 16.1 Å². The number of amides is 1. The van der Waals surface area contributed by atoms with Gasteiger partial charge < -0.3 is 10.1 Å². The maximum atomic E-state index is 11.1. The Morgan fingerprint density at radius 2 is 2.17 bits per heavy atom. The van der Waals surface area contributed by atoms with Crippen molar-refractivity contribution in [1.29, 1.82) is 0 Å². The topological polar surface area (TPSA) is 54.5 Å². The third kappa shape index (κ3) is 4.06. The maximum absolute atomic E-state index is 11.1. The van der Waals surface area contributed by atoms with Crippen molar-refractivity contribution in [3.05, 3.63) is 36.0 Å². The first-order valence-corrected chi connectivity index (χ1v) is 7.95. The van der Waals surface area contributed by atoms with E-state index < -0.39 is 0 Å². The summed E-state index contributed by atoms with van der Waals surface area (Å²) in [7, 11) is 0. The van der Waals surface area contributed by atoms with E-state index in [9.17, 15) is 4.79 Å². The van der Waals surface area contributed by atoms with Crippen molar-refractivity contribution in [1.82, 2.24) is 9.88 Å². The van der Waals surface area contributed by atoms with Gasteiger partial charge in [0.05, 0.1) is 23.4 Å². The van der Waals surface area contributed by atoms with Crippen LogP contribution in [0.3, 0.4) is 0 Å². The molecule has 122 valence electrons. The quantitative estimate of drug-likeness (QED) is 0.947. The Bertz CT molecular complexity index is 727. The highest BCUT2D eigenvalue weighted by atomic mass is 16.5. The number of fused-ring (bicyclic) bond motifs is 1. The fraction of sp³-hybridized carbons (Fsp3) is 0.444. The summed E-state index contributed by atoms with van der Waals surface area (Å²) in [6, 6.07) is 9.91. The van der Waals surface area contributed by atoms with Crippen LogP contribution in [0.15, 0.2) is 30.3 Å². The third-order valence-corrected chi connectivity index (χ3v) is 3.96. The van der Waals surface area contributed by atoms with Gasteiger partial charge in [-0.25, -0.2) is 0 Å². The summed E-state index contributed by atoms with van der Waals surface area (Å²) >= 11 is 0. The van der Waals surface area contributed by atoms with Gasteiger partial charge in [0.15, 0.2) is 0 Å². The zero-order valence-corrected chi connectivity index (χ0v) is 13.9. The van der Waals surface area contributed by atoms with E-state index in [2.05, 4.69) is 36.2 Å². The second-order valence-corrected chi connectivity index (χ2v) is 6.71. The lowest BCUT2D eigenvalue weighted by molar-refractivity contribution is -0.114. The lowest BCUT2D eigenvalue weighted by Gasteiger charge is -2.38. The van der Waals surface area contributed by atoms with Gasteiger partial charge in [-0.1, -0.05) is 6.07 Å². The number of carbonyl (C=O) groups is 1.